The Morgan fingerprint density at radius 1 is 1.19 bits per heavy atom. The van der Waals surface area contributed by atoms with Crippen LogP contribution in [-0.2, 0) is 11.3 Å². The topological polar surface area (TPSA) is 80.2 Å². The lowest BCUT2D eigenvalue weighted by molar-refractivity contribution is -0.122. The third-order valence-corrected chi connectivity index (χ3v) is 4.32. The molecule has 0 radical (unpaired) electrons. The smallest absolute Gasteiger partial charge is 0.257 e. The van der Waals surface area contributed by atoms with Crippen molar-refractivity contribution in [2.75, 3.05) is 5.32 Å². The second-order valence-corrected chi connectivity index (χ2v) is 7.31. The highest BCUT2D eigenvalue weighted by Crippen LogP contribution is 2.18. The molecular formula is C19H22BrN3O3. The van der Waals surface area contributed by atoms with Gasteiger partial charge >= 0.3 is 0 Å². The maximum absolute atomic E-state index is 12.8. The largest absolute Gasteiger partial charge is 0.352 e. The molecule has 0 aliphatic heterocycles. The zero-order valence-corrected chi connectivity index (χ0v) is 16.8. The molecule has 0 spiro atoms. The van der Waals surface area contributed by atoms with Crippen molar-refractivity contribution in [1.82, 2.24) is 9.88 Å². The first-order valence-electron chi connectivity index (χ1n) is 8.26. The van der Waals surface area contributed by atoms with Gasteiger partial charge in [-0.1, -0.05) is 22.0 Å². The van der Waals surface area contributed by atoms with Crippen molar-refractivity contribution >= 4 is 33.4 Å². The molecule has 0 fully saturated rings. The number of carbonyl (C=O) groups is 2. The number of hydrogen-bond donors (Lipinski definition) is 2. The Morgan fingerprint density at radius 3 is 2.50 bits per heavy atom. The maximum Gasteiger partial charge on any atom is 0.257 e. The number of nitrogens with zero attached hydrogens (tertiary/aromatic N) is 1. The van der Waals surface area contributed by atoms with Gasteiger partial charge in [-0.25, -0.2) is 0 Å². The highest BCUT2D eigenvalue weighted by molar-refractivity contribution is 9.10. The number of aromatic nitrogens is 1. The van der Waals surface area contributed by atoms with E-state index in [1.165, 1.54) is 10.6 Å². The van der Waals surface area contributed by atoms with Gasteiger partial charge in [0.25, 0.3) is 11.5 Å². The Morgan fingerprint density at radius 2 is 1.88 bits per heavy atom. The van der Waals surface area contributed by atoms with Crippen molar-refractivity contribution in [3.05, 3.63) is 62.0 Å². The molecule has 0 saturated carbocycles. The van der Waals surface area contributed by atoms with E-state index >= 15 is 0 Å². The molecule has 26 heavy (non-hydrogen) atoms. The van der Waals surface area contributed by atoms with Crippen LogP contribution in [0, 0.1) is 13.8 Å². The molecule has 2 aromatic rings. The third-order valence-electron chi connectivity index (χ3n) is 3.83. The average Bonchev–Trinajstić information content (AvgIpc) is 2.50. The van der Waals surface area contributed by atoms with Gasteiger partial charge in [0.05, 0.1) is 5.56 Å². The van der Waals surface area contributed by atoms with Gasteiger partial charge in [-0.05, 0) is 51.5 Å². The molecule has 0 atom stereocenters. The van der Waals surface area contributed by atoms with Gasteiger partial charge in [0.2, 0.25) is 5.91 Å². The molecule has 7 heteroatoms. The monoisotopic (exact) mass is 419 g/mol. The van der Waals surface area contributed by atoms with Crippen molar-refractivity contribution in [3.63, 3.8) is 0 Å². The van der Waals surface area contributed by atoms with Gasteiger partial charge in [-0.3, -0.25) is 14.4 Å². The molecule has 0 aliphatic rings. The van der Waals surface area contributed by atoms with Crippen LogP contribution in [0.5, 0.6) is 0 Å². The summed E-state index contributed by atoms with van der Waals surface area (Å²) < 4.78 is 2.17. The number of amides is 2. The van der Waals surface area contributed by atoms with E-state index in [1.807, 2.05) is 26.0 Å². The van der Waals surface area contributed by atoms with Crippen LogP contribution in [0.3, 0.4) is 0 Å². The lowest BCUT2D eigenvalue weighted by Crippen LogP contribution is -2.37. The third kappa shape index (κ3) is 4.82. The number of rotatable bonds is 5. The molecular weight excluding hydrogens is 398 g/mol. The summed E-state index contributed by atoms with van der Waals surface area (Å²) in [5, 5.41) is 5.58. The fourth-order valence-corrected chi connectivity index (χ4v) is 3.13. The minimum Gasteiger partial charge on any atom is -0.352 e. The van der Waals surface area contributed by atoms with Crippen LogP contribution in [0.2, 0.25) is 0 Å². The van der Waals surface area contributed by atoms with Crippen LogP contribution in [0.1, 0.15) is 35.5 Å². The molecule has 138 valence electrons. The van der Waals surface area contributed by atoms with Gasteiger partial charge < -0.3 is 15.2 Å². The van der Waals surface area contributed by atoms with Gasteiger partial charge in [-0.2, -0.15) is 0 Å². The number of hydrogen-bond acceptors (Lipinski definition) is 3. The highest BCUT2D eigenvalue weighted by Gasteiger charge is 2.18. The maximum atomic E-state index is 12.8. The van der Waals surface area contributed by atoms with Crippen molar-refractivity contribution in [2.45, 2.75) is 40.3 Å². The standard InChI is InChI=1S/C19H22BrN3O3/c1-11(2)21-16(24)10-23-13(4)18(12(3)8-17(23)25)19(26)22-15-7-5-6-14(20)9-15/h5-9,11H,10H2,1-4H3,(H,21,24)(H,22,26). The number of halogens is 1. The average molecular weight is 420 g/mol. The van der Waals surface area contributed by atoms with Crippen molar-refractivity contribution < 1.29 is 9.59 Å². The minimum absolute atomic E-state index is 0.0248. The normalized spacial score (nSPS) is 10.7. The quantitative estimate of drug-likeness (QED) is 0.781. The second kappa shape index (κ2) is 8.31. The molecule has 0 saturated heterocycles. The first-order chi connectivity index (χ1) is 12.2. The molecule has 0 aliphatic carbocycles. The fourth-order valence-electron chi connectivity index (χ4n) is 2.73. The Bertz CT molecular complexity index is 903. The SMILES string of the molecule is Cc1cc(=O)n(CC(=O)NC(C)C)c(C)c1C(=O)Nc1cccc(Br)c1. The summed E-state index contributed by atoms with van der Waals surface area (Å²) >= 11 is 3.36. The summed E-state index contributed by atoms with van der Waals surface area (Å²) in [7, 11) is 0. The van der Waals surface area contributed by atoms with Gasteiger partial charge in [-0.15, -0.1) is 0 Å². The number of aryl methyl sites for hydroxylation is 1. The summed E-state index contributed by atoms with van der Waals surface area (Å²) in [6.45, 7) is 6.95. The molecule has 2 N–H and O–H groups in total. The Kier molecular flexibility index (Phi) is 6.37. The predicted octanol–water partition coefficient (Wildman–Crippen LogP) is 3.00. The Hall–Kier alpha value is -2.41. The van der Waals surface area contributed by atoms with E-state index in [2.05, 4.69) is 26.6 Å². The number of pyridine rings is 1. The number of nitrogens with one attached hydrogen (secondary N) is 2. The lowest BCUT2D eigenvalue weighted by atomic mass is 10.1. The summed E-state index contributed by atoms with van der Waals surface area (Å²) in [5.74, 6) is -0.594. The van der Waals surface area contributed by atoms with Crippen LogP contribution >= 0.6 is 15.9 Å². The van der Waals surface area contributed by atoms with Crippen molar-refractivity contribution in [2.24, 2.45) is 0 Å². The van der Waals surface area contributed by atoms with Crippen LogP contribution in [0.15, 0.2) is 39.6 Å². The van der Waals surface area contributed by atoms with E-state index in [0.717, 1.165) is 4.47 Å². The second-order valence-electron chi connectivity index (χ2n) is 6.40. The summed E-state index contributed by atoms with van der Waals surface area (Å²) in [4.78, 5) is 37.1. The first-order valence-corrected chi connectivity index (χ1v) is 9.05. The van der Waals surface area contributed by atoms with Crippen LogP contribution < -0.4 is 16.2 Å². The van der Waals surface area contributed by atoms with Gasteiger partial charge in [0, 0.05) is 28.0 Å². The summed E-state index contributed by atoms with van der Waals surface area (Å²) in [6.07, 6.45) is 0. The summed E-state index contributed by atoms with van der Waals surface area (Å²) in [6, 6.07) is 8.60. The lowest BCUT2D eigenvalue weighted by Gasteiger charge is -2.17. The first kappa shape index (κ1) is 19.9. The predicted molar refractivity (Wildman–Crippen MR) is 106 cm³/mol. The Labute approximate surface area is 160 Å². The van der Waals surface area contributed by atoms with E-state index in [1.54, 1.807) is 26.0 Å². The van der Waals surface area contributed by atoms with Crippen molar-refractivity contribution in [1.29, 1.82) is 0 Å². The van der Waals surface area contributed by atoms with Crippen LogP contribution in [0.4, 0.5) is 5.69 Å². The zero-order chi connectivity index (χ0) is 19.4. The fraction of sp³-hybridized carbons (Fsp3) is 0.316. The minimum atomic E-state index is -0.323. The van der Waals surface area contributed by atoms with E-state index in [9.17, 15) is 14.4 Å². The number of carbonyl (C=O) groups excluding carboxylic acids is 2. The van der Waals surface area contributed by atoms with Gasteiger partial charge in [0.1, 0.15) is 6.54 Å². The van der Waals surface area contributed by atoms with Gasteiger partial charge in [0.15, 0.2) is 0 Å². The highest BCUT2D eigenvalue weighted by atomic mass is 79.9. The number of anilines is 1. The molecule has 2 rings (SSSR count). The molecule has 1 heterocycles. The zero-order valence-electron chi connectivity index (χ0n) is 15.2. The van der Waals surface area contributed by atoms with Crippen LogP contribution in [0.25, 0.3) is 0 Å². The van der Waals surface area contributed by atoms with E-state index in [4.69, 9.17) is 0 Å². The Balaban J connectivity index is 2.36. The van der Waals surface area contributed by atoms with Crippen molar-refractivity contribution in [3.8, 4) is 0 Å². The molecule has 1 aromatic carbocycles. The summed E-state index contributed by atoms with van der Waals surface area (Å²) in [5.41, 5.74) is 1.75. The molecule has 0 bridgehead atoms. The number of benzene rings is 1. The molecule has 2 amide bonds. The molecule has 1 aromatic heterocycles. The van der Waals surface area contributed by atoms with Crippen LogP contribution in [-0.4, -0.2) is 22.4 Å². The molecule has 0 unspecified atom stereocenters. The van der Waals surface area contributed by atoms with E-state index in [0.29, 0.717) is 22.5 Å². The molecule has 6 nitrogen and oxygen atoms in total. The van der Waals surface area contributed by atoms with E-state index < -0.39 is 0 Å². The van der Waals surface area contributed by atoms with E-state index in [-0.39, 0.29) is 30.0 Å².